The zero-order valence-electron chi connectivity index (χ0n) is 15.0. The summed E-state index contributed by atoms with van der Waals surface area (Å²) in [6.45, 7) is 4.47. The largest absolute Gasteiger partial charge is 0.126 e. The Hall–Kier alpha value is -1.65. The predicted molar refractivity (Wildman–Crippen MR) is 108 cm³/mol. The van der Waals surface area contributed by atoms with Gasteiger partial charge >= 0.3 is 0 Å². The van der Waals surface area contributed by atoms with Crippen molar-refractivity contribution in [3.63, 3.8) is 0 Å². The second kappa shape index (κ2) is 11.0. The van der Waals surface area contributed by atoms with Gasteiger partial charge in [0, 0.05) is 16.0 Å². The fourth-order valence-corrected chi connectivity index (χ4v) is 3.28. The van der Waals surface area contributed by atoms with Gasteiger partial charge in [0.05, 0.1) is 0 Å². The lowest BCUT2D eigenvalue weighted by atomic mass is 10.0. The quantitative estimate of drug-likeness (QED) is 0.293. The van der Waals surface area contributed by atoms with Gasteiger partial charge in [-0.15, -0.1) is 11.8 Å². The molecule has 0 spiro atoms. The first kappa shape index (κ1) is 18.7. The number of unbranched alkanes of at least 4 members (excludes halogenated alkanes) is 3. The van der Waals surface area contributed by atoms with Crippen LogP contribution in [0.5, 0.6) is 0 Å². The van der Waals surface area contributed by atoms with E-state index in [-0.39, 0.29) is 0 Å². The van der Waals surface area contributed by atoms with Crippen LogP contribution in [0.25, 0.3) is 0 Å². The summed E-state index contributed by atoms with van der Waals surface area (Å²) in [7, 11) is 0. The van der Waals surface area contributed by atoms with E-state index >= 15 is 0 Å². The van der Waals surface area contributed by atoms with Gasteiger partial charge in [0.1, 0.15) is 0 Å². The van der Waals surface area contributed by atoms with Crippen LogP contribution in [-0.2, 0) is 6.42 Å². The Morgan fingerprint density at radius 2 is 1.33 bits per heavy atom. The van der Waals surface area contributed by atoms with Crippen molar-refractivity contribution in [2.45, 2.75) is 57.3 Å². The fraction of sp³-hybridized carbons (Fsp3) is 0.391. The molecule has 0 bridgehead atoms. The van der Waals surface area contributed by atoms with E-state index in [1.54, 1.807) is 0 Å². The molecule has 0 atom stereocenters. The lowest BCUT2D eigenvalue weighted by Gasteiger charge is -2.01. The molecule has 0 amide bonds. The van der Waals surface area contributed by atoms with Crippen LogP contribution in [0.1, 0.15) is 62.6 Å². The maximum absolute atomic E-state index is 3.27. The van der Waals surface area contributed by atoms with Crippen molar-refractivity contribution in [2.75, 3.05) is 5.75 Å². The molecule has 0 saturated heterocycles. The second-order valence-electron chi connectivity index (χ2n) is 6.13. The highest BCUT2D eigenvalue weighted by Crippen LogP contribution is 2.18. The molecule has 0 unspecified atom stereocenters. The molecule has 0 saturated carbocycles. The molecule has 0 aromatic heterocycles. The first-order chi connectivity index (χ1) is 11.8. The summed E-state index contributed by atoms with van der Waals surface area (Å²) in [5.74, 6) is 7.71. The van der Waals surface area contributed by atoms with Gasteiger partial charge in [0.25, 0.3) is 0 Å². The number of hydrogen-bond donors (Lipinski definition) is 0. The molecule has 24 heavy (non-hydrogen) atoms. The van der Waals surface area contributed by atoms with E-state index < -0.39 is 0 Å². The van der Waals surface area contributed by atoms with Gasteiger partial charge in [0.2, 0.25) is 0 Å². The predicted octanol–water partition coefficient (Wildman–Crippen LogP) is 6.71. The Balaban J connectivity index is 1.88. The van der Waals surface area contributed by atoms with Gasteiger partial charge < -0.3 is 0 Å². The highest BCUT2D eigenvalue weighted by Gasteiger charge is 1.95. The van der Waals surface area contributed by atoms with E-state index in [1.165, 1.54) is 54.7 Å². The maximum atomic E-state index is 3.27. The molecule has 0 heterocycles. The topological polar surface area (TPSA) is 0 Å². The average molecular weight is 337 g/mol. The minimum Gasteiger partial charge on any atom is -0.126 e. The van der Waals surface area contributed by atoms with Gasteiger partial charge in [-0.2, -0.15) is 0 Å². The number of thioether (sulfide) groups is 1. The lowest BCUT2D eigenvalue weighted by Crippen LogP contribution is -1.86. The van der Waals surface area contributed by atoms with Crippen LogP contribution in [0.3, 0.4) is 0 Å². The van der Waals surface area contributed by atoms with Crippen LogP contribution in [0, 0.1) is 11.8 Å². The van der Waals surface area contributed by atoms with Gasteiger partial charge in [-0.05, 0) is 67.0 Å². The third-order valence-electron chi connectivity index (χ3n) is 3.95. The summed E-state index contributed by atoms with van der Waals surface area (Å²) in [5.41, 5.74) is 3.60. The molecule has 2 aromatic rings. The molecule has 0 fully saturated rings. The van der Waals surface area contributed by atoms with Gasteiger partial charge in [0.15, 0.2) is 0 Å². The van der Waals surface area contributed by atoms with Crippen molar-refractivity contribution in [3.8, 4) is 11.8 Å². The molecule has 0 nitrogen and oxygen atoms in total. The monoisotopic (exact) mass is 336 g/mol. The van der Waals surface area contributed by atoms with Crippen LogP contribution in [0.2, 0.25) is 0 Å². The van der Waals surface area contributed by atoms with E-state index in [2.05, 4.69) is 74.2 Å². The van der Waals surface area contributed by atoms with Crippen molar-refractivity contribution in [3.05, 3.63) is 65.2 Å². The Morgan fingerprint density at radius 3 is 1.92 bits per heavy atom. The Kier molecular flexibility index (Phi) is 8.56. The van der Waals surface area contributed by atoms with Crippen molar-refractivity contribution in [1.82, 2.24) is 0 Å². The molecule has 2 aromatic carbocycles. The summed E-state index contributed by atoms with van der Waals surface area (Å²) in [5, 5.41) is 0. The standard InChI is InChI=1S/C23H28S/c1-3-5-6-7-8-20-9-11-21(12-10-20)13-14-22-15-17-23(18-16-22)24-19-4-2/h9-12,15-18H,3-8,19H2,1-2H3. The number of benzene rings is 2. The summed E-state index contributed by atoms with van der Waals surface area (Å²) in [6.07, 6.45) is 7.67. The molecule has 0 aliphatic heterocycles. The molecular formula is C23H28S. The average Bonchev–Trinajstić information content (AvgIpc) is 2.64. The van der Waals surface area contributed by atoms with Crippen molar-refractivity contribution >= 4 is 11.8 Å². The van der Waals surface area contributed by atoms with Crippen LogP contribution in [0.4, 0.5) is 0 Å². The highest BCUT2D eigenvalue weighted by atomic mass is 32.2. The van der Waals surface area contributed by atoms with Crippen LogP contribution in [-0.4, -0.2) is 5.75 Å². The molecule has 0 radical (unpaired) electrons. The van der Waals surface area contributed by atoms with E-state index in [9.17, 15) is 0 Å². The van der Waals surface area contributed by atoms with Crippen LogP contribution >= 0.6 is 11.8 Å². The second-order valence-corrected chi connectivity index (χ2v) is 7.30. The van der Waals surface area contributed by atoms with E-state index in [4.69, 9.17) is 0 Å². The fourth-order valence-electron chi connectivity index (χ4n) is 2.51. The van der Waals surface area contributed by atoms with Crippen molar-refractivity contribution < 1.29 is 0 Å². The minimum absolute atomic E-state index is 1.08. The van der Waals surface area contributed by atoms with Gasteiger partial charge in [-0.1, -0.05) is 57.1 Å². The van der Waals surface area contributed by atoms with E-state index in [0.717, 1.165) is 11.1 Å². The molecule has 0 N–H and O–H groups in total. The molecule has 1 heteroatoms. The van der Waals surface area contributed by atoms with Crippen molar-refractivity contribution in [2.24, 2.45) is 0 Å². The van der Waals surface area contributed by atoms with Gasteiger partial charge in [-0.25, -0.2) is 0 Å². The molecule has 0 aliphatic rings. The summed E-state index contributed by atoms with van der Waals surface area (Å²) in [6, 6.07) is 17.3. The first-order valence-corrected chi connectivity index (χ1v) is 10.1. The zero-order chi connectivity index (χ0) is 17.0. The lowest BCUT2D eigenvalue weighted by molar-refractivity contribution is 0.667. The molecule has 0 aliphatic carbocycles. The van der Waals surface area contributed by atoms with Crippen LogP contribution in [0.15, 0.2) is 53.4 Å². The van der Waals surface area contributed by atoms with Crippen molar-refractivity contribution in [1.29, 1.82) is 0 Å². The molecule has 126 valence electrons. The minimum atomic E-state index is 1.08. The summed E-state index contributed by atoms with van der Waals surface area (Å²) in [4.78, 5) is 1.33. The SMILES string of the molecule is CCCCCCc1ccc(C#Cc2ccc(SCCC)cc2)cc1. The smallest absolute Gasteiger partial charge is 0.0249 e. The zero-order valence-corrected chi connectivity index (χ0v) is 15.8. The van der Waals surface area contributed by atoms with Gasteiger partial charge in [-0.3, -0.25) is 0 Å². The third-order valence-corrected chi connectivity index (χ3v) is 5.17. The molecular weight excluding hydrogens is 308 g/mol. The Morgan fingerprint density at radius 1 is 0.708 bits per heavy atom. The van der Waals surface area contributed by atoms with E-state index in [0.29, 0.717) is 0 Å². The Bertz CT molecular complexity index is 641. The summed E-state index contributed by atoms with van der Waals surface area (Å²) < 4.78 is 0. The third kappa shape index (κ3) is 6.85. The number of aryl methyl sites for hydroxylation is 1. The van der Waals surface area contributed by atoms with Crippen LogP contribution < -0.4 is 0 Å². The number of rotatable bonds is 8. The first-order valence-electron chi connectivity index (χ1n) is 9.15. The normalized spacial score (nSPS) is 10.2. The highest BCUT2D eigenvalue weighted by molar-refractivity contribution is 7.99. The molecule has 2 rings (SSSR count). The number of hydrogen-bond acceptors (Lipinski definition) is 1. The Labute approximate surface area is 152 Å². The van der Waals surface area contributed by atoms with E-state index in [1.807, 2.05) is 11.8 Å². The summed E-state index contributed by atoms with van der Waals surface area (Å²) >= 11 is 1.91. The maximum Gasteiger partial charge on any atom is 0.0249 e.